The Morgan fingerprint density at radius 1 is 0.966 bits per heavy atom. The van der Waals surface area contributed by atoms with Crippen LogP contribution in [0.4, 0.5) is 14.5 Å². The lowest BCUT2D eigenvalue weighted by atomic mass is 9.90. The van der Waals surface area contributed by atoms with Crippen LogP contribution in [0, 0.1) is 29.4 Å². The number of hydrogen-bond acceptors (Lipinski definition) is 2. The fourth-order valence-electron chi connectivity index (χ4n) is 4.11. The molecule has 1 aliphatic heterocycles. The van der Waals surface area contributed by atoms with E-state index in [1.54, 1.807) is 0 Å². The van der Waals surface area contributed by atoms with Gasteiger partial charge >= 0.3 is 0 Å². The topological polar surface area (TPSA) is 49.4 Å². The predicted octanol–water partition coefficient (Wildman–Crippen LogP) is 4.02. The van der Waals surface area contributed by atoms with Crippen molar-refractivity contribution in [2.45, 2.75) is 25.7 Å². The van der Waals surface area contributed by atoms with Crippen LogP contribution in [-0.4, -0.2) is 29.8 Å². The number of rotatable bonds is 5. The first-order valence-corrected chi connectivity index (χ1v) is 10.1. The van der Waals surface area contributed by atoms with Crippen LogP contribution in [0.15, 0.2) is 48.5 Å². The number of halogens is 2. The van der Waals surface area contributed by atoms with Gasteiger partial charge in [0.15, 0.2) is 11.6 Å². The minimum absolute atomic E-state index is 0.0357. The van der Waals surface area contributed by atoms with Gasteiger partial charge in [0.05, 0.1) is 11.8 Å². The van der Waals surface area contributed by atoms with Crippen LogP contribution in [0.5, 0.6) is 0 Å². The SMILES string of the molecule is O=C(Nc1ccc(F)c(F)c1)C1CC1C(=O)N1CCC(Cc2ccccc2)CC1. The molecule has 2 aromatic rings. The molecule has 4 nitrogen and oxygen atoms in total. The monoisotopic (exact) mass is 398 g/mol. The van der Waals surface area contributed by atoms with Crippen LogP contribution in [0.25, 0.3) is 0 Å². The van der Waals surface area contributed by atoms with Crippen molar-refractivity contribution >= 4 is 17.5 Å². The summed E-state index contributed by atoms with van der Waals surface area (Å²) in [7, 11) is 0. The van der Waals surface area contributed by atoms with Crippen molar-refractivity contribution in [1.29, 1.82) is 0 Å². The summed E-state index contributed by atoms with van der Waals surface area (Å²) in [6, 6.07) is 13.6. The zero-order valence-electron chi connectivity index (χ0n) is 16.1. The summed E-state index contributed by atoms with van der Waals surface area (Å²) < 4.78 is 26.3. The zero-order chi connectivity index (χ0) is 20.4. The summed E-state index contributed by atoms with van der Waals surface area (Å²) in [5, 5.41) is 2.58. The molecule has 29 heavy (non-hydrogen) atoms. The number of piperidine rings is 1. The van der Waals surface area contributed by atoms with Crippen LogP contribution in [0.3, 0.4) is 0 Å². The molecule has 6 heteroatoms. The second-order valence-electron chi connectivity index (χ2n) is 8.03. The third-order valence-corrected chi connectivity index (χ3v) is 5.92. The Labute approximate surface area is 168 Å². The highest BCUT2D eigenvalue weighted by atomic mass is 19.2. The van der Waals surface area contributed by atoms with Crippen LogP contribution >= 0.6 is 0 Å². The van der Waals surface area contributed by atoms with Crippen molar-refractivity contribution in [3.63, 3.8) is 0 Å². The first-order valence-electron chi connectivity index (χ1n) is 10.1. The van der Waals surface area contributed by atoms with E-state index in [1.807, 2.05) is 23.1 Å². The van der Waals surface area contributed by atoms with Gasteiger partial charge in [-0.2, -0.15) is 0 Å². The van der Waals surface area contributed by atoms with E-state index in [-0.39, 0.29) is 23.4 Å². The van der Waals surface area contributed by atoms with E-state index >= 15 is 0 Å². The molecule has 0 bridgehead atoms. The maximum absolute atomic E-state index is 13.3. The van der Waals surface area contributed by atoms with Crippen molar-refractivity contribution in [3.05, 3.63) is 65.7 Å². The minimum atomic E-state index is -1.01. The molecule has 1 N–H and O–H groups in total. The molecule has 152 valence electrons. The van der Waals surface area contributed by atoms with E-state index < -0.39 is 17.6 Å². The summed E-state index contributed by atoms with van der Waals surface area (Å²) >= 11 is 0. The Hall–Kier alpha value is -2.76. The summed E-state index contributed by atoms with van der Waals surface area (Å²) in [6.07, 6.45) is 3.49. The molecule has 2 aliphatic rings. The lowest BCUT2D eigenvalue weighted by molar-refractivity contribution is -0.135. The Balaban J connectivity index is 1.25. The fraction of sp³-hybridized carbons (Fsp3) is 0.391. The lowest BCUT2D eigenvalue weighted by Crippen LogP contribution is -2.40. The molecule has 1 saturated heterocycles. The van der Waals surface area contributed by atoms with Crippen molar-refractivity contribution in [1.82, 2.24) is 4.90 Å². The second kappa shape index (κ2) is 8.31. The van der Waals surface area contributed by atoms with Crippen LogP contribution < -0.4 is 5.32 Å². The third-order valence-electron chi connectivity index (χ3n) is 5.92. The Morgan fingerprint density at radius 3 is 2.38 bits per heavy atom. The van der Waals surface area contributed by atoms with Gasteiger partial charge in [-0.05, 0) is 49.3 Å². The molecular weight excluding hydrogens is 374 g/mol. The van der Waals surface area contributed by atoms with Gasteiger partial charge in [-0.15, -0.1) is 0 Å². The van der Waals surface area contributed by atoms with E-state index in [1.165, 1.54) is 11.6 Å². The van der Waals surface area contributed by atoms with Gasteiger partial charge in [0, 0.05) is 24.8 Å². The number of carbonyl (C=O) groups is 2. The van der Waals surface area contributed by atoms with Crippen molar-refractivity contribution < 1.29 is 18.4 Å². The predicted molar refractivity (Wildman–Crippen MR) is 106 cm³/mol. The number of nitrogens with zero attached hydrogens (tertiary/aromatic N) is 1. The molecule has 0 spiro atoms. The van der Waals surface area contributed by atoms with Crippen molar-refractivity contribution in [2.24, 2.45) is 17.8 Å². The highest BCUT2D eigenvalue weighted by molar-refractivity contribution is 5.99. The van der Waals surface area contributed by atoms with Crippen molar-refractivity contribution in [3.8, 4) is 0 Å². The van der Waals surface area contributed by atoms with E-state index in [0.29, 0.717) is 12.3 Å². The molecular formula is C23H24F2N2O2. The van der Waals surface area contributed by atoms with Gasteiger partial charge in [-0.1, -0.05) is 30.3 Å². The summed E-state index contributed by atoms with van der Waals surface area (Å²) in [6.45, 7) is 1.45. The molecule has 1 aliphatic carbocycles. The number of anilines is 1. The molecule has 0 aromatic heterocycles. The molecule has 1 saturated carbocycles. The smallest absolute Gasteiger partial charge is 0.228 e. The van der Waals surface area contributed by atoms with Crippen LogP contribution in [0.2, 0.25) is 0 Å². The normalized spacial score (nSPS) is 21.7. The summed E-state index contributed by atoms with van der Waals surface area (Å²) in [5.41, 5.74) is 1.53. The number of amides is 2. The van der Waals surface area contributed by atoms with Crippen LogP contribution in [0.1, 0.15) is 24.8 Å². The van der Waals surface area contributed by atoms with E-state index in [0.717, 1.165) is 44.5 Å². The Bertz CT molecular complexity index is 895. The number of nitrogens with one attached hydrogen (secondary N) is 1. The summed E-state index contributed by atoms with van der Waals surface area (Å²) in [5.74, 6) is -2.36. The highest BCUT2D eigenvalue weighted by Crippen LogP contribution is 2.41. The van der Waals surface area contributed by atoms with Crippen LogP contribution in [-0.2, 0) is 16.0 Å². The molecule has 2 unspecified atom stereocenters. The molecule has 2 atom stereocenters. The molecule has 0 radical (unpaired) electrons. The average molecular weight is 398 g/mol. The lowest BCUT2D eigenvalue weighted by Gasteiger charge is -2.32. The molecule has 2 aromatic carbocycles. The van der Waals surface area contributed by atoms with Gasteiger partial charge in [-0.3, -0.25) is 9.59 Å². The van der Waals surface area contributed by atoms with E-state index in [4.69, 9.17) is 0 Å². The maximum Gasteiger partial charge on any atom is 0.228 e. The zero-order valence-corrected chi connectivity index (χ0v) is 16.1. The van der Waals surface area contributed by atoms with Gasteiger partial charge in [0.1, 0.15) is 0 Å². The van der Waals surface area contributed by atoms with Gasteiger partial charge < -0.3 is 10.2 Å². The molecule has 2 fully saturated rings. The molecule has 2 amide bonds. The molecule has 1 heterocycles. The first-order chi connectivity index (χ1) is 14.0. The number of carbonyl (C=O) groups excluding carboxylic acids is 2. The van der Waals surface area contributed by atoms with Gasteiger partial charge in [-0.25, -0.2) is 8.78 Å². The standard InChI is InChI=1S/C23H24F2N2O2/c24-20-7-6-17(13-21(20)25)26-22(28)18-14-19(18)23(29)27-10-8-16(9-11-27)12-15-4-2-1-3-5-15/h1-7,13,16,18-19H,8-12,14H2,(H,26,28). The highest BCUT2D eigenvalue weighted by Gasteiger charge is 2.49. The largest absolute Gasteiger partial charge is 0.342 e. The Kier molecular flexibility index (Phi) is 5.60. The number of likely N-dealkylation sites (tertiary alicyclic amines) is 1. The average Bonchev–Trinajstić information content (AvgIpc) is 3.53. The number of benzene rings is 2. The first kappa shape index (κ1) is 19.6. The fourth-order valence-corrected chi connectivity index (χ4v) is 4.11. The van der Waals surface area contributed by atoms with E-state index in [9.17, 15) is 18.4 Å². The quantitative estimate of drug-likeness (QED) is 0.827. The third kappa shape index (κ3) is 4.63. The van der Waals surface area contributed by atoms with Gasteiger partial charge in [0.25, 0.3) is 0 Å². The summed E-state index contributed by atoms with van der Waals surface area (Å²) in [4.78, 5) is 26.9. The second-order valence-corrected chi connectivity index (χ2v) is 8.03. The Morgan fingerprint density at radius 2 is 1.69 bits per heavy atom. The van der Waals surface area contributed by atoms with Gasteiger partial charge in [0.2, 0.25) is 11.8 Å². The minimum Gasteiger partial charge on any atom is -0.342 e. The maximum atomic E-state index is 13.3. The molecule has 4 rings (SSSR count). The van der Waals surface area contributed by atoms with Crippen molar-refractivity contribution in [2.75, 3.05) is 18.4 Å². The number of hydrogen-bond donors (Lipinski definition) is 1. The van der Waals surface area contributed by atoms with E-state index in [2.05, 4.69) is 17.4 Å².